The molecule has 1 aromatic heterocycles. The van der Waals surface area contributed by atoms with Crippen LogP contribution in [0.25, 0.3) is 0 Å². The van der Waals surface area contributed by atoms with Crippen molar-refractivity contribution in [3.8, 4) is 0 Å². The molecular weight excluding hydrogens is 376 g/mol. The van der Waals surface area contributed by atoms with Crippen LogP contribution < -0.4 is 4.90 Å². The van der Waals surface area contributed by atoms with Crippen molar-refractivity contribution in [1.82, 2.24) is 9.55 Å². The molecule has 3 aromatic rings. The zero-order chi connectivity index (χ0) is 18.3. The molecule has 0 bridgehead atoms. The number of aromatic nitrogens is 2. The number of imidazole rings is 1. The summed E-state index contributed by atoms with van der Waals surface area (Å²) in [6.07, 6.45) is 0.526. The summed E-state index contributed by atoms with van der Waals surface area (Å²) >= 11 is 12.3. The Kier molecular flexibility index (Phi) is 4.42. The summed E-state index contributed by atoms with van der Waals surface area (Å²) in [5.41, 5.74) is 1.84. The lowest BCUT2D eigenvalue weighted by atomic mass is 10.1. The van der Waals surface area contributed by atoms with E-state index in [2.05, 4.69) is 4.98 Å². The number of carbonyl (C=O) groups excluding carboxylic acids is 1. The average Bonchev–Trinajstić information content (AvgIpc) is 2.96. The highest BCUT2D eigenvalue weighted by atomic mass is 35.5. The number of anilines is 1. The van der Waals surface area contributed by atoms with Crippen molar-refractivity contribution in [2.45, 2.75) is 13.0 Å². The Morgan fingerprint density at radius 1 is 1.04 bits per heavy atom. The number of fused-ring (bicyclic) bond motifs is 1. The second-order valence-corrected chi connectivity index (χ2v) is 6.78. The van der Waals surface area contributed by atoms with E-state index in [0.29, 0.717) is 30.4 Å². The predicted molar refractivity (Wildman–Crippen MR) is 99.6 cm³/mol. The number of amides is 1. The first-order valence-corrected chi connectivity index (χ1v) is 8.86. The van der Waals surface area contributed by atoms with E-state index in [1.54, 1.807) is 10.6 Å². The number of halogens is 3. The quantitative estimate of drug-likeness (QED) is 0.657. The molecule has 4 rings (SSSR count). The second kappa shape index (κ2) is 6.74. The minimum Gasteiger partial charge on any atom is -0.309 e. The standard InChI is InChI=1S/C19H14Cl2FN3O/c20-13-7-4-8-15(16(13)22)24-9-10-25-17(21)14(23-18(25)19(24)26)11-12-5-2-1-3-6-12/h1-8H,9-11H2. The molecule has 1 aliphatic rings. The van der Waals surface area contributed by atoms with E-state index in [9.17, 15) is 9.18 Å². The van der Waals surface area contributed by atoms with Crippen molar-refractivity contribution in [2.24, 2.45) is 0 Å². The lowest BCUT2D eigenvalue weighted by Gasteiger charge is -2.28. The third-order valence-electron chi connectivity index (χ3n) is 4.39. The Hall–Kier alpha value is -2.37. The van der Waals surface area contributed by atoms with Gasteiger partial charge >= 0.3 is 0 Å². The molecule has 0 unspecified atom stereocenters. The average molecular weight is 390 g/mol. The molecule has 1 aliphatic heterocycles. The van der Waals surface area contributed by atoms with Crippen LogP contribution in [0, 0.1) is 5.82 Å². The molecule has 4 nitrogen and oxygen atoms in total. The molecule has 0 atom stereocenters. The second-order valence-electron chi connectivity index (χ2n) is 6.02. The van der Waals surface area contributed by atoms with Crippen LogP contribution in [-0.4, -0.2) is 22.0 Å². The van der Waals surface area contributed by atoms with Gasteiger partial charge in [-0.1, -0.05) is 59.6 Å². The van der Waals surface area contributed by atoms with Crippen LogP contribution in [-0.2, 0) is 13.0 Å². The summed E-state index contributed by atoms with van der Waals surface area (Å²) in [6, 6.07) is 14.4. The Morgan fingerprint density at radius 3 is 2.58 bits per heavy atom. The molecule has 1 amide bonds. The predicted octanol–water partition coefficient (Wildman–Crippen LogP) is 4.58. The molecule has 0 saturated carbocycles. The van der Waals surface area contributed by atoms with Gasteiger partial charge in [-0.25, -0.2) is 9.37 Å². The van der Waals surface area contributed by atoms with Gasteiger partial charge in [0.05, 0.1) is 16.4 Å². The third-order valence-corrected chi connectivity index (χ3v) is 5.11. The molecule has 2 aromatic carbocycles. The number of carbonyl (C=O) groups is 1. The highest BCUT2D eigenvalue weighted by Gasteiger charge is 2.32. The zero-order valence-electron chi connectivity index (χ0n) is 13.6. The van der Waals surface area contributed by atoms with Crippen molar-refractivity contribution in [3.05, 3.63) is 81.6 Å². The molecule has 132 valence electrons. The maximum absolute atomic E-state index is 14.3. The molecule has 2 heterocycles. The van der Waals surface area contributed by atoms with E-state index >= 15 is 0 Å². The smallest absolute Gasteiger partial charge is 0.294 e. The molecular formula is C19H14Cl2FN3O. The molecule has 0 spiro atoms. The van der Waals surface area contributed by atoms with Crippen molar-refractivity contribution in [2.75, 3.05) is 11.4 Å². The van der Waals surface area contributed by atoms with Gasteiger partial charge in [0.1, 0.15) is 5.15 Å². The molecule has 0 aliphatic carbocycles. The van der Waals surface area contributed by atoms with Crippen LogP contribution in [0.3, 0.4) is 0 Å². The molecule has 0 N–H and O–H groups in total. The fourth-order valence-corrected chi connectivity index (χ4v) is 3.55. The summed E-state index contributed by atoms with van der Waals surface area (Å²) in [7, 11) is 0. The van der Waals surface area contributed by atoms with E-state index in [1.165, 1.54) is 17.0 Å². The number of nitrogens with zero attached hydrogens (tertiary/aromatic N) is 3. The summed E-state index contributed by atoms with van der Waals surface area (Å²) in [4.78, 5) is 18.7. The Balaban J connectivity index is 1.69. The van der Waals surface area contributed by atoms with Gasteiger partial charge < -0.3 is 9.47 Å². The van der Waals surface area contributed by atoms with E-state index in [-0.39, 0.29) is 16.5 Å². The van der Waals surface area contributed by atoms with E-state index in [1.807, 2.05) is 30.3 Å². The maximum atomic E-state index is 14.3. The van der Waals surface area contributed by atoms with Gasteiger partial charge in [-0.05, 0) is 17.7 Å². The van der Waals surface area contributed by atoms with Gasteiger partial charge in [-0.2, -0.15) is 0 Å². The van der Waals surface area contributed by atoms with Gasteiger partial charge in [0.15, 0.2) is 5.82 Å². The number of benzene rings is 2. The first-order valence-electron chi connectivity index (χ1n) is 8.11. The Bertz CT molecular complexity index is 988. The third kappa shape index (κ3) is 2.87. The molecule has 7 heteroatoms. The summed E-state index contributed by atoms with van der Waals surface area (Å²) in [5, 5.41) is 0.426. The SMILES string of the molecule is O=C1c2nc(Cc3ccccc3)c(Cl)n2CCN1c1cccc(Cl)c1F. The van der Waals surface area contributed by atoms with Crippen LogP contribution >= 0.6 is 23.2 Å². The monoisotopic (exact) mass is 389 g/mol. The van der Waals surface area contributed by atoms with Crippen molar-refractivity contribution in [1.29, 1.82) is 0 Å². The number of hydrogen-bond acceptors (Lipinski definition) is 2. The minimum atomic E-state index is -0.613. The summed E-state index contributed by atoms with van der Waals surface area (Å²) in [6.45, 7) is 0.734. The number of rotatable bonds is 3. The maximum Gasteiger partial charge on any atom is 0.294 e. The van der Waals surface area contributed by atoms with Crippen LogP contribution in [0.1, 0.15) is 21.9 Å². The van der Waals surface area contributed by atoms with Gasteiger partial charge in [0.2, 0.25) is 5.82 Å². The first kappa shape index (κ1) is 17.1. The zero-order valence-corrected chi connectivity index (χ0v) is 15.1. The molecule has 26 heavy (non-hydrogen) atoms. The van der Waals surface area contributed by atoms with Crippen LogP contribution in [0.4, 0.5) is 10.1 Å². The highest BCUT2D eigenvalue weighted by molar-refractivity contribution is 6.31. The fourth-order valence-electron chi connectivity index (χ4n) is 3.11. The van der Waals surface area contributed by atoms with Gasteiger partial charge in [0, 0.05) is 19.5 Å². The van der Waals surface area contributed by atoms with Gasteiger partial charge in [-0.15, -0.1) is 0 Å². The van der Waals surface area contributed by atoms with E-state index in [4.69, 9.17) is 23.2 Å². The Labute approximate surface area is 159 Å². The van der Waals surface area contributed by atoms with Gasteiger partial charge in [-0.3, -0.25) is 4.79 Å². The first-order chi connectivity index (χ1) is 12.6. The van der Waals surface area contributed by atoms with Crippen LogP contribution in [0.5, 0.6) is 0 Å². The lowest BCUT2D eigenvalue weighted by molar-refractivity contribution is 0.0958. The van der Waals surface area contributed by atoms with Crippen molar-refractivity contribution >= 4 is 34.8 Å². The molecule has 0 radical (unpaired) electrons. The molecule has 0 fully saturated rings. The van der Waals surface area contributed by atoms with E-state index in [0.717, 1.165) is 5.56 Å². The van der Waals surface area contributed by atoms with Gasteiger partial charge in [0.25, 0.3) is 5.91 Å². The topological polar surface area (TPSA) is 38.1 Å². The van der Waals surface area contributed by atoms with Crippen molar-refractivity contribution < 1.29 is 9.18 Å². The largest absolute Gasteiger partial charge is 0.309 e. The molecule has 0 saturated heterocycles. The fraction of sp³-hybridized carbons (Fsp3) is 0.158. The summed E-state index contributed by atoms with van der Waals surface area (Å²) < 4.78 is 16.0. The van der Waals surface area contributed by atoms with Crippen LogP contribution in [0.15, 0.2) is 48.5 Å². The minimum absolute atomic E-state index is 0.0213. The lowest BCUT2D eigenvalue weighted by Crippen LogP contribution is -2.41. The van der Waals surface area contributed by atoms with E-state index < -0.39 is 11.7 Å². The normalized spacial score (nSPS) is 13.8. The Morgan fingerprint density at radius 2 is 1.81 bits per heavy atom. The summed E-state index contributed by atoms with van der Waals surface area (Å²) in [5.74, 6) is -0.789. The van der Waals surface area contributed by atoms with Crippen LogP contribution in [0.2, 0.25) is 10.2 Å². The highest BCUT2D eigenvalue weighted by Crippen LogP contribution is 2.30. The number of hydrogen-bond donors (Lipinski definition) is 0. The van der Waals surface area contributed by atoms with Crippen molar-refractivity contribution in [3.63, 3.8) is 0 Å².